The number of carbonyl (C=O) groups is 1. The summed E-state index contributed by atoms with van der Waals surface area (Å²) in [5.41, 5.74) is -0.137. The fraction of sp³-hybridized carbons (Fsp3) is 0.154. The number of hydrogen-bond donors (Lipinski definition) is 1. The summed E-state index contributed by atoms with van der Waals surface area (Å²) in [4.78, 5) is 27.9. The highest BCUT2D eigenvalue weighted by atomic mass is 32.2. The van der Waals surface area contributed by atoms with Crippen molar-refractivity contribution < 1.29 is 9.53 Å². The van der Waals surface area contributed by atoms with E-state index in [0.29, 0.717) is 17.5 Å². The first kappa shape index (κ1) is 12.7. The zero-order valence-electron chi connectivity index (χ0n) is 10.4. The molecule has 1 aliphatic rings. The van der Waals surface area contributed by atoms with Gasteiger partial charge in [0.15, 0.2) is 5.16 Å². The van der Waals surface area contributed by atoms with Crippen LogP contribution in [0.15, 0.2) is 46.5 Å². The molecule has 1 aliphatic heterocycles. The van der Waals surface area contributed by atoms with Gasteiger partial charge in [-0.3, -0.25) is 14.7 Å². The molecule has 0 spiro atoms. The number of rotatable bonds is 2. The van der Waals surface area contributed by atoms with E-state index in [2.05, 4.69) is 10.3 Å². The summed E-state index contributed by atoms with van der Waals surface area (Å²) in [6, 6.07) is 8.64. The summed E-state index contributed by atoms with van der Waals surface area (Å²) in [5.74, 6) is 1.23. The van der Waals surface area contributed by atoms with Crippen molar-refractivity contribution in [2.45, 2.75) is 11.7 Å². The average molecular weight is 289 g/mol. The van der Waals surface area contributed by atoms with Crippen molar-refractivity contribution in [3.05, 3.63) is 46.9 Å². The highest BCUT2D eigenvalue weighted by Crippen LogP contribution is 2.21. The average Bonchev–Trinajstić information content (AvgIpc) is 2.92. The Morgan fingerprint density at radius 2 is 2.15 bits per heavy atom. The summed E-state index contributed by atoms with van der Waals surface area (Å²) < 4.78 is 6.61. The van der Waals surface area contributed by atoms with Crippen molar-refractivity contribution >= 4 is 23.5 Å². The van der Waals surface area contributed by atoms with Gasteiger partial charge in [0.1, 0.15) is 11.4 Å². The summed E-state index contributed by atoms with van der Waals surface area (Å²) in [7, 11) is 0. The minimum absolute atomic E-state index is 0.122. The van der Waals surface area contributed by atoms with Crippen LogP contribution in [0.1, 0.15) is 0 Å². The van der Waals surface area contributed by atoms with Crippen molar-refractivity contribution in [2.24, 2.45) is 0 Å². The molecular weight excluding hydrogens is 278 g/mol. The third-order valence-electron chi connectivity index (χ3n) is 2.75. The molecule has 0 atom stereocenters. The molecular formula is C13H11N3O3S. The molecule has 6 nitrogen and oxygen atoms in total. The second-order valence-electron chi connectivity index (χ2n) is 4.09. The smallest absolute Gasteiger partial charge is 0.410 e. The summed E-state index contributed by atoms with van der Waals surface area (Å²) in [6.45, 7) is 0.606. The Kier molecular flexibility index (Phi) is 3.42. The fourth-order valence-corrected chi connectivity index (χ4v) is 2.75. The Labute approximate surface area is 118 Å². The summed E-state index contributed by atoms with van der Waals surface area (Å²) >= 11 is 1.52. The number of carbonyl (C=O) groups excluding carboxylic acids is 1. The lowest BCUT2D eigenvalue weighted by Crippen LogP contribution is -2.27. The van der Waals surface area contributed by atoms with E-state index in [1.807, 2.05) is 6.07 Å². The summed E-state index contributed by atoms with van der Waals surface area (Å²) in [6.07, 6.45) is 0.653. The molecule has 102 valence electrons. The summed E-state index contributed by atoms with van der Waals surface area (Å²) in [5, 5.41) is 3.10. The molecule has 1 aromatic heterocycles. The number of hydrogen-bond acceptors (Lipinski definition) is 5. The Morgan fingerprint density at radius 3 is 2.95 bits per heavy atom. The van der Waals surface area contributed by atoms with Crippen molar-refractivity contribution in [1.82, 2.24) is 9.55 Å². The lowest BCUT2D eigenvalue weighted by molar-refractivity contribution is 0.215. The third kappa shape index (κ3) is 2.53. The van der Waals surface area contributed by atoms with Gasteiger partial charge in [-0.15, -0.1) is 0 Å². The second-order valence-corrected chi connectivity index (χ2v) is 5.15. The predicted octanol–water partition coefficient (Wildman–Crippen LogP) is 1.96. The molecule has 2 aromatic rings. The minimum Gasteiger partial charge on any atom is -0.410 e. The van der Waals surface area contributed by atoms with Gasteiger partial charge in [0, 0.05) is 12.3 Å². The molecule has 0 aliphatic carbocycles. The second kappa shape index (κ2) is 5.38. The van der Waals surface area contributed by atoms with E-state index in [1.54, 1.807) is 28.8 Å². The quantitative estimate of drug-likeness (QED) is 0.856. The Balaban J connectivity index is 1.75. The van der Waals surface area contributed by atoms with E-state index in [9.17, 15) is 9.59 Å². The van der Waals surface area contributed by atoms with Crippen LogP contribution in [-0.2, 0) is 6.54 Å². The molecule has 0 bridgehead atoms. The predicted molar refractivity (Wildman–Crippen MR) is 75.3 cm³/mol. The maximum Gasteiger partial charge on any atom is 0.417 e. The van der Waals surface area contributed by atoms with E-state index < -0.39 is 6.09 Å². The molecule has 1 aromatic carbocycles. The largest absolute Gasteiger partial charge is 0.417 e. The standard InChI is InChI=1S/C13H11N3O3S/c17-11-10(8-14-12-16(11)6-7-20-12)15-13(18)19-9-4-2-1-3-5-9/h1-5,8H,6-7H2,(H,15,18). The molecule has 0 saturated heterocycles. The van der Waals surface area contributed by atoms with Crippen LogP contribution in [0.4, 0.5) is 10.5 Å². The zero-order chi connectivity index (χ0) is 13.9. The molecule has 0 radical (unpaired) electrons. The van der Waals surface area contributed by atoms with E-state index in [1.165, 1.54) is 18.0 Å². The first-order valence-corrected chi connectivity index (χ1v) is 6.99. The van der Waals surface area contributed by atoms with Crippen molar-refractivity contribution in [1.29, 1.82) is 0 Å². The molecule has 0 unspecified atom stereocenters. The number of thioether (sulfide) groups is 1. The lowest BCUT2D eigenvalue weighted by Gasteiger charge is -2.07. The normalized spacial score (nSPS) is 12.8. The molecule has 1 N–H and O–H groups in total. The number of fused-ring (bicyclic) bond motifs is 1. The van der Waals surface area contributed by atoms with Crippen LogP contribution in [0.5, 0.6) is 5.75 Å². The fourth-order valence-electron chi connectivity index (χ4n) is 1.83. The maximum atomic E-state index is 12.1. The topological polar surface area (TPSA) is 73.2 Å². The van der Waals surface area contributed by atoms with Crippen molar-refractivity contribution in [3.63, 3.8) is 0 Å². The van der Waals surface area contributed by atoms with Crippen molar-refractivity contribution in [2.75, 3.05) is 11.1 Å². The highest BCUT2D eigenvalue weighted by molar-refractivity contribution is 7.99. The van der Waals surface area contributed by atoms with Gasteiger partial charge in [0.05, 0.1) is 6.20 Å². The van der Waals surface area contributed by atoms with Crippen LogP contribution in [0.2, 0.25) is 0 Å². The van der Waals surface area contributed by atoms with Gasteiger partial charge in [0.25, 0.3) is 5.56 Å². The molecule has 0 fully saturated rings. The molecule has 20 heavy (non-hydrogen) atoms. The SMILES string of the molecule is O=C(Nc1cnc2n(c1=O)CCS2)Oc1ccccc1. The van der Waals surface area contributed by atoms with Crippen LogP contribution in [0, 0.1) is 0 Å². The van der Waals surface area contributed by atoms with Crippen LogP contribution in [0.25, 0.3) is 0 Å². The van der Waals surface area contributed by atoms with Gasteiger partial charge in [-0.2, -0.15) is 0 Å². The van der Waals surface area contributed by atoms with Crippen molar-refractivity contribution in [3.8, 4) is 5.75 Å². The third-order valence-corrected chi connectivity index (χ3v) is 3.72. The van der Waals surface area contributed by atoms with E-state index in [0.717, 1.165) is 5.75 Å². The molecule has 3 rings (SSSR count). The van der Waals surface area contributed by atoms with Gasteiger partial charge < -0.3 is 4.74 Å². The van der Waals surface area contributed by atoms with E-state index in [4.69, 9.17) is 4.74 Å². The van der Waals surface area contributed by atoms with Gasteiger partial charge >= 0.3 is 6.09 Å². The first-order chi connectivity index (χ1) is 9.74. The van der Waals surface area contributed by atoms with Crippen LogP contribution in [0.3, 0.4) is 0 Å². The Morgan fingerprint density at radius 1 is 1.35 bits per heavy atom. The number of nitrogens with zero attached hydrogens (tertiary/aromatic N) is 2. The number of benzene rings is 1. The van der Waals surface area contributed by atoms with Gasteiger partial charge in [-0.1, -0.05) is 30.0 Å². The Bertz CT molecular complexity index is 700. The molecule has 0 saturated carbocycles. The molecule has 2 heterocycles. The van der Waals surface area contributed by atoms with Gasteiger partial charge in [-0.05, 0) is 12.1 Å². The number of amides is 1. The van der Waals surface area contributed by atoms with Gasteiger partial charge in [-0.25, -0.2) is 9.78 Å². The van der Waals surface area contributed by atoms with Crippen LogP contribution < -0.4 is 15.6 Å². The molecule has 1 amide bonds. The lowest BCUT2D eigenvalue weighted by atomic mass is 10.3. The van der Waals surface area contributed by atoms with E-state index in [-0.39, 0.29) is 11.2 Å². The Hall–Kier alpha value is -2.28. The molecule has 7 heteroatoms. The number of anilines is 1. The monoisotopic (exact) mass is 289 g/mol. The maximum absolute atomic E-state index is 12.1. The first-order valence-electron chi connectivity index (χ1n) is 6.00. The number of nitrogens with one attached hydrogen (secondary N) is 1. The highest BCUT2D eigenvalue weighted by Gasteiger charge is 2.17. The van der Waals surface area contributed by atoms with Crippen LogP contribution in [-0.4, -0.2) is 21.4 Å². The number of aromatic nitrogens is 2. The van der Waals surface area contributed by atoms with Gasteiger partial charge in [0.2, 0.25) is 0 Å². The van der Waals surface area contributed by atoms with E-state index >= 15 is 0 Å². The minimum atomic E-state index is -0.707. The zero-order valence-corrected chi connectivity index (χ0v) is 11.2. The van der Waals surface area contributed by atoms with Crippen LogP contribution >= 0.6 is 11.8 Å². The number of ether oxygens (including phenoxy) is 1. The number of para-hydroxylation sites is 1.